The number of carbonyl (C=O) groups excluding carboxylic acids is 1. The van der Waals surface area contributed by atoms with Gasteiger partial charge in [0.05, 0.1) is 5.39 Å². The molecule has 1 fully saturated rings. The molecule has 150 valence electrons. The summed E-state index contributed by atoms with van der Waals surface area (Å²) in [4.78, 5) is 23.1. The summed E-state index contributed by atoms with van der Waals surface area (Å²) in [5.74, 6) is 1.17. The SMILES string of the molecule is CC(C)n1cc(-c2ccc3c(c2)CCN3C(=O)NCC2CC2)c2c(N)ncnc21. The molecule has 0 saturated heterocycles. The van der Waals surface area contributed by atoms with Crippen LogP contribution in [0.15, 0.2) is 30.7 Å². The monoisotopic (exact) mass is 390 g/mol. The standard InChI is InChI=1S/C22H26N6O/c1-13(2)28-11-17(19-20(23)25-12-26-21(19)28)15-5-6-18-16(9-15)7-8-27(18)22(29)24-10-14-3-4-14/h5-6,9,11-14H,3-4,7-8,10H2,1-2H3,(H,24,29)(H2,23,25,26). The molecule has 5 rings (SSSR count). The van der Waals surface area contributed by atoms with Crippen LogP contribution in [0.4, 0.5) is 16.3 Å². The molecule has 0 unspecified atom stereocenters. The molecule has 0 radical (unpaired) electrons. The first-order valence-corrected chi connectivity index (χ1v) is 10.3. The molecule has 3 heterocycles. The molecule has 3 N–H and O–H groups in total. The zero-order valence-corrected chi connectivity index (χ0v) is 16.9. The number of aromatic nitrogens is 3. The third-order valence-corrected chi connectivity index (χ3v) is 5.97. The summed E-state index contributed by atoms with van der Waals surface area (Å²) in [5.41, 5.74) is 11.4. The van der Waals surface area contributed by atoms with Crippen molar-refractivity contribution in [2.45, 2.75) is 39.2 Å². The molecule has 3 aromatic rings. The number of anilines is 2. The summed E-state index contributed by atoms with van der Waals surface area (Å²) in [7, 11) is 0. The van der Waals surface area contributed by atoms with Crippen LogP contribution < -0.4 is 16.0 Å². The van der Waals surface area contributed by atoms with Gasteiger partial charge in [-0.15, -0.1) is 0 Å². The second-order valence-corrected chi connectivity index (χ2v) is 8.38. The van der Waals surface area contributed by atoms with Gasteiger partial charge in [0.25, 0.3) is 0 Å². The quantitative estimate of drug-likeness (QED) is 0.710. The average molecular weight is 390 g/mol. The number of rotatable bonds is 4. The lowest BCUT2D eigenvalue weighted by Gasteiger charge is -2.18. The van der Waals surface area contributed by atoms with Crippen LogP contribution in [-0.4, -0.2) is 33.7 Å². The molecule has 1 aromatic carbocycles. The van der Waals surface area contributed by atoms with Gasteiger partial charge in [-0.2, -0.15) is 0 Å². The molecule has 29 heavy (non-hydrogen) atoms. The molecule has 7 heteroatoms. The Kier molecular flexibility index (Phi) is 4.19. The summed E-state index contributed by atoms with van der Waals surface area (Å²) in [6.45, 7) is 5.76. The van der Waals surface area contributed by atoms with Crippen LogP contribution >= 0.6 is 0 Å². The molecular weight excluding hydrogens is 364 g/mol. The molecule has 1 aliphatic heterocycles. The number of hydrogen-bond donors (Lipinski definition) is 2. The highest BCUT2D eigenvalue weighted by Crippen LogP contribution is 2.38. The van der Waals surface area contributed by atoms with Crippen molar-refractivity contribution >= 4 is 28.6 Å². The van der Waals surface area contributed by atoms with Crippen LogP contribution in [0.5, 0.6) is 0 Å². The van der Waals surface area contributed by atoms with Crippen molar-refractivity contribution in [3.8, 4) is 11.1 Å². The molecular formula is C22H26N6O. The number of carbonyl (C=O) groups is 1. The summed E-state index contributed by atoms with van der Waals surface area (Å²) in [5, 5.41) is 3.96. The Bertz CT molecular complexity index is 1100. The van der Waals surface area contributed by atoms with Gasteiger partial charge in [0, 0.05) is 36.6 Å². The van der Waals surface area contributed by atoms with E-state index in [1.54, 1.807) is 0 Å². The second kappa shape index (κ2) is 6.76. The van der Waals surface area contributed by atoms with Crippen LogP contribution in [0.25, 0.3) is 22.2 Å². The highest BCUT2D eigenvalue weighted by atomic mass is 16.2. The normalized spacial score (nSPS) is 15.9. The van der Waals surface area contributed by atoms with Crippen molar-refractivity contribution in [2.75, 3.05) is 23.7 Å². The van der Waals surface area contributed by atoms with Crippen molar-refractivity contribution in [1.29, 1.82) is 0 Å². The Labute approximate surface area is 169 Å². The van der Waals surface area contributed by atoms with E-state index in [0.29, 0.717) is 18.3 Å². The van der Waals surface area contributed by atoms with Gasteiger partial charge in [-0.3, -0.25) is 4.90 Å². The third-order valence-electron chi connectivity index (χ3n) is 5.97. The number of nitrogens with one attached hydrogen (secondary N) is 1. The second-order valence-electron chi connectivity index (χ2n) is 8.38. The van der Waals surface area contributed by atoms with Crippen LogP contribution in [0.1, 0.15) is 38.3 Å². The molecule has 1 aliphatic carbocycles. The number of nitrogens with zero attached hydrogens (tertiary/aromatic N) is 4. The van der Waals surface area contributed by atoms with E-state index in [9.17, 15) is 4.79 Å². The smallest absolute Gasteiger partial charge is 0.321 e. The Morgan fingerprint density at radius 2 is 2.14 bits per heavy atom. The summed E-state index contributed by atoms with van der Waals surface area (Å²) in [6.07, 6.45) is 6.95. The van der Waals surface area contributed by atoms with Gasteiger partial charge >= 0.3 is 6.03 Å². The van der Waals surface area contributed by atoms with E-state index in [2.05, 4.69) is 52.0 Å². The van der Waals surface area contributed by atoms with Crippen LogP contribution in [0.2, 0.25) is 0 Å². The zero-order valence-electron chi connectivity index (χ0n) is 16.9. The van der Waals surface area contributed by atoms with Crippen LogP contribution in [-0.2, 0) is 6.42 Å². The molecule has 7 nitrogen and oxygen atoms in total. The number of fused-ring (bicyclic) bond motifs is 2. The Balaban J connectivity index is 1.50. The van der Waals surface area contributed by atoms with Crippen LogP contribution in [0.3, 0.4) is 0 Å². The fraction of sp³-hybridized carbons (Fsp3) is 0.409. The number of hydrogen-bond acceptors (Lipinski definition) is 4. The predicted molar refractivity (Wildman–Crippen MR) is 115 cm³/mol. The van der Waals surface area contributed by atoms with Crippen molar-refractivity contribution in [3.63, 3.8) is 0 Å². The van der Waals surface area contributed by atoms with E-state index in [0.717, 1.165) is 40.8 Å². The van der Waals surface area contributed by atoms with Gasteiger partial charge in [0.15, 0.2) is 0 Å². The lowest BCUT2D eigenvalue weighted by Crippen LogP contribution is -2.39. The van der Waals surface area contributed by atoms with E-state index in [4.69, 9.17) is 5.73 Å². The van der Waals surface area contributed by atoms with E-state index >= 15 is 0 Å². The number of amides is 2. The highest BCUT2D eigenvalue weighted by Gasteiger charge is 2.28. The maximum Gasteiger partial charge on any atom is 0.321 e. The molecule has 0 spiro atoms. The first-order chi connectivity index (χ1) is 14.0. The van der Waals surface area contributed by atoms with Gasteiger partial charge in [-0.05, 0) is 62.3 Å². The van der Waals surface area contributed by atoms with E-state index < -0.39 is 0 Å². The van der Waals surface area contributed by atoms with E-state index in [-0.39, 0.29) is 12.1 Å². The molecule has 2 aliphatic rings. The molecule has 0 atom stereocenters. The first-order valence-electron chi connectivity index (χ1n) is 10.3. The van der Waals surface area contributed by atoms with E-state index in [1.807, 2.05) is 11.0 Å². The Hall–Kier alpha value is -3.09. The van der Waals surface area contributed by atoms with Gasteiger partial charge < -0.3 is 15.6 Å². The summed E-state index contributed by atoms with van der Waals surface area (Å²) in [6, 6.07) is 6.57. The number of urea groups is 1. The lowest BCUT2D eigenvalue weighted by molar-refractivity contribution is 0.246. The fourth-order valence-electron chi connectivity index (χ4n) is 4.15. The number of nitrogens with two attached hydrogens (primary N) is 1. The third kappa shape index (κ3) is 3.10. The van der Waals surface area contributed by atoms with Crippen molar-refractivity contribution < 1.29 is 4.79 Å². The fourth-order valence-corrected chi connectivity index (χ4v) is 4.15. The molecule has 1 saturated carbocycles. The van der Waals surface area contributed by atoms with Gasteiger partial charge in [-0.25, -0.2) is 14.8 Å². The topological polar surface area (TPSA) is 89.1 Å². The maximum atomic E-state index is 12.6. The minimum absolute atomic E-state index is 0.0115. The largest absolute Gasteiger partial charge is 0.383 e. The maximum absolute atomic E-state index is 12.6. The molecule has 2 aromatic heterocycles. The summed E-state index contributed by atoms with van der Waals surface area (Å²) < 4.78 is 2.13. The predicted octanol–water partition coefficient (Wildman–Crippen LogP) is 3.74. The zero-order chi connectivity index (χ0) is 20.1. The molecule has 2 amide bonds. The Morgan fingerprint density at radius 3 is 2.90 bits per heavy atom. The highest BCUT2D eigenvalue weighted by molar-refractivity contribution is 6.01. The minimum Gasteiger partial charge on any atom is -0.383 e. The van der Waals surface area contributed by atoms with E-state index in [1.165, 1.54) is 24.7 Å². The van der Waals surface area contributed by atoms with Crippen molar-refractivity contribution in [3.05, 3.63) is 36.3 Å². The van der Waals surface area contributed by atoms with Gasteiger partial charge in [0.2, 0.25) is 0 Å². The molecule has 0 bridgehead atoms. The summed E-state index contributed by atoms with van der Waals surface area (Å²) >= 11 is 0. The van der Waals surface area contributed by atoms with Crippen molar-refractivity contribution in [1.82, 2.24) is 19.9 Å². The van der Waals surface area contributed by atoms with Gasteiger partial charge in [-0.1, -0.05) is 6.07 Å². The first kappa shape index (κ1) is 18.0. The van der Waals surface area contributed by atoms with Crippen molar-refractivity contribution in [2.24, 2.45) is 5.92 Å². The Morgan fingerprint density at radius 1 is 1.31 bits per heavy atom. The number of nitrogen functional groups attached to an aromatic ring is 1. The number of benzene rings is 1. The van der Waals surface area contributed by atoms with Gasteiger partial charge in [0.1, 0.15) is 17.8 Å². The average Bonchev–Trinajstić information content (AvgIpc) is 3.30. The van der Waals surface area contributed by atoms with Crippen LogP contribution in [0, 0.1) is 5.92 Å². The lowest BCUT2D eigenvalue weighted by atomic mass is 10.0. The minimum atomic E-state index is 0.0115.